The molecule has 182 valence electrons. The fourth-order valence-electron chi connectivity index (χ4n) is 5.34. The Morgan fingerprint density at radius 2 is 2.03 bits per heavy atom. The van der Waals surface area contributed by atoms with Gasteiger partial charge in [-0.2, -0.15) is 5.10 Å². The van der Waals surface area contributed by atoms with Gasteiger partial charge in [0.05, 0.1) is 34.5 Å². The van der Waals surface area contributed by atoms with Crippen LogP contribution in [0.25, 0.3) is 22.4 Å². The van der Waals surface area contributed by atoms with E-state index in [1.807, 2.05) is 6.07 Å². The second kappa shape index (κ2) is 9.17. The van der Waals surface area contributed by atoms with Gasteiger partial charge in [0.2, 0.25) is 0 Å². The lowest BCUT2D eigenvalue weighted by Gasteiger charge is -2.32. The highest BCUT2D eigenvalue weighted by atomic mass is 35.5. The molecule has 1 saturated heterocycles. The second-order valence-corrected chi connectivity index (χ2v) is 10.2. The Morgan fingerprint density at radius 3 is 2.77 bits per heavy atom. The molecule has 4 heterocycles. The number of benzene rings is 1. The van der Waals surface area contributed by atoms with Crippen molar-refractivity contribution >= 4 is 28.3 Å². The van der Waals surface area contributed by atoms with Gasteiger partial charge in [0, 0.05) is 25.0 Å². The Kier molecular flexibility index (Phi) is 5.86. The van der Waals surface area contributed by atoms with Gasteiger partial charge in [-0.3, -0.25) is 9.48 Å². The highest BCUT2D eigenvalue weighted by Gasteiger charge is 2.32. The number of anilines is 1. The van der Waals surface area contributed by atoms with Gasteiger partial charge in [-0.15, -0.1) is 0 Å². The van der Waals surface area contributed by atoms with Crippen molar-refractivity contribution in [3.05, 3.63) is 63.3 Å². The lowest BCUT2D eigenvalue weighted by molar-refractivity contribution is 0.203. The molecule has 1 aliphatic heterocycles. The number of nitrogens with one attached hydrogen (secondary N) is 3. The van der Waals surface area contributed by atoms with Crippen LogP contribution >= 0.6 is 11.6 Å². The summed E-state index contributed by atoms with van der Waals surface area (Å²) >= 11 is 5.95. The molecule has 2 aliphatic rings. The first-order valence-electron chi connectivity index (χ1n) is 12.4. The third-order valence-electron chi connectivity index (χ3n) is 7.32. The van der Waals surface area contributed by atoms with Crippen molar-refractivity contribution in [1.29, 1.82) is 0 Å². The summed E-state index contributed by atoms with van der Waals surface area (Å²) in [4.78, 5) is 26.6. The molecule has 6 rings (SSSR count). The molecule has 0 bridgehead atoms. The zero-order chi connectivity index (χ0) is 23.9. The first kappa shape index (κ1) is 22.4. The van der Waals surface area contributed by atoms with Crippen molar-refractivity contribution in [2.24, 2.45) is 0 Å². The zero-order valence-electron chi connectivity index (χ0n) is 19.9. The maximum atomic E-state index is 12.8. The van der Waals surface area contributed by atoms with Crippen LogP contribution in [0.3, 0.4) is 0 Å². The summed E-state index contributed by atoms with van der Waals surface area (Å²) in [6.07, 6.45) is 10.2. The van der Waals surface area contributed by atoms with Crippen LogP contribution in [0, 0.1) is 6.92 Å². The molecule has 0 amide bonds. The number of hydrogen-bond donors (Lipinski definition) is 3. The van der Waals surface area contributed by atoms with E-state index < -0.39 is 0 Å². The first-order valence-corrected chi connectivity index (χ1v) is 12.8. The fraction of sp³-hybridized carbons (Fsp3) is 0.423. The number of aryl methyl sites for hydroxylation is 1. The maximum Gasteiger partial charge on any atom is 0.261 e. The highest BCUT2D eigenvalue weighted by Crippen LogP contribution is 2.36. The molecule has 8 nitrogen and oxygen atoms in total. The largest absolute Gasteiger partial charge is 0.382 e. The number of hydrogen-bond acceptors (Lipinski definition) is 5. The summed E-state index contributed by atoms with van der Waals surface area (Å²) in [5.41, 5.74) is 5.49. The Balaban J connectivity index is 1.25. The van der Waals surface area contributed by atoms with E-state index in [4.69, 9.17) is 16.6 Å². The van der Waals surface area contributed by atoms with Crippen LogP contribution in [0.1, 0.15) is 42.7 Å². The maximum absolute atomic E-state index is 12.8. The van der Waals surface area contributed by atoms with E-state index in [0.717, 1.165) is 28.3 Å². The molecule has 3 N–H and O–H groups in total. The van der Waals surface area contributed by atoms with Crippen LogP contribution in [-0.4, -0.2) is 55.3 Å². The number of imidazole rings is 1. The van der Waals surface area contributed by atoms with Gasteiger partial charge < -0.3 is 20.2 Å². The van der Waals surface area contributed by atoms with Crippen LogP contribution in [0.5, 0.6) is 0 Å². The van der Waals surface area contributed by atoms with E-state index in [1.165, 1.54) is 44.3 Å². The molecule has 0 unspecified atom stereocenters. The number of aromatic amines is 2. The minimum Gasteiger partial charge on any atom is -0.382 e. The molecule has 4 aromatic rings. The summed E-state index contributed by atoms with van der Waals surface area (Å²) in [7, 11) is 0. The quantitative estimate of drug-likeness (QED) is 0.353. The van der Waals surface area contributed by atoms with E-state index in [0.29, 0.717) is 35.4 Å². The normalized spacial score (nSPS) is 17.3. The number of fused-ring (bicyclic) bond motifs is 1. The molecule has 3 aromatic heterocycles. The van der Waals surface area contributed by atoms with Crippen LogP contribution in [-0.2, 0) is 6.54 Å². The van der Waals surface area contributed by atoms with Gasteiger partial charge in [0.15, 0.2) is 0 Å². The van der Waals surface area contributed by atoms with Crippen molar-refractivity contribution in [3.8, 4) is 11.4 Å². The summed E-state index contributed by atoms with van der Waals surface area (Å²) in [5, 5.41) is 8.17. The Bertz CT molecular complexity index is 1410. The number of H-pyrrole nitrogens is 2. The number of rotatable bonds is 7. The van der Waals surface area contributed by atoms with E-state index in [9.17, 15) is 4.79 Å². The predicted octanol–water partition coefficient (Wildman–Crippen LogP) is 4.53. The highest BCUT2D eigenvalue weighted by molar-refractivity contribution is 6.30. The summed E-state index contributed by atoms with van der Waals surface area (Å²) in [5.74, 6) is 1.16. The number of nitrogens with zero attached hydrogens (tertiary/aromatic N) is 4. The molecule has 0 spiro atoms. The molecule has 9 heteroatoms. The lowest BCUT2D eigenvalue weighted by atomic mass is 9.88. The van der Waals surface area contributed by atoms with Crippen molar-refractivity contribution in [2.75, 3.05) is 25.0 Å². The summed E-state index contributed by atoms with van der Waals surface area (Å²) in [6, 6.07) is 7.24. The average molecular weight is 492 g/mol. The van der Waals surface area contributed by atoms with Gasteiger partial charge in [-0.05, 0) is 74.9 Å². The summed E-state index contributed by atoms with van der Waals surface area (Å²) < 4.78 is 1.77. The average Bonchev–Trinajstić information content (AvgIpc) is 3.49. The predicted molar refractivity (Wildman–Crippen MR) is 139 cm³/mol. The number of pyridine rings is 1. The van der Waals surface area contributed by atoms with E-state index >= 15 is 0 Å². The summed E-state index contributed by atoms with van der Waals surface area (Å²) in [6.45, 7) is 5.72. The monoisotopic (exact) mass is 491 g/mol. The molecule has 1 aromatic carbocycles. The fourth-order valence-corrected chi connectivity index (χ4v) is 5.49. The van der Waals surface area contributed by atoms with E-state index in [-0.39, 0.29) is 5.56 Å². The smallest absolute Gasteiger partial charge is 0.261 e. The lowest BCUT2D eigenvalue weighted by Crippen LogP contribution is -2.34. The Hall–Kier alpha value is -3.10. The van der Waals surface area contributed by atoms with Gasteiger partial charge in [-0.1, -0.05) is 17.7 Å². The first-order chi connectivity index (χ1) is 17.0. The van der Waals surface area contributed by atoms with Crippen LogP contribution in [0.4, 0.5) is 5.69 Å². The zero-order valence-corrected chi connectivity index (χ0v) is 20.6. The van der Waals surface area contributed by atoms with Gasteiger partial charge in [0.25, 0.3) is 5.56 Å². The number of aromatic nitrogens is 5. The molecule has 1 aliphatic carbocycles. The minimum atomic E-state index is -0.179. The number of likely N-dealkylation sites (tertiary alicyclic amines) is 1. The molecule has 2 fully saturated rings. The minimum absolute atomic E-state index is 0.179. The van der Waals surface area contributed by atoms with E-state index in [1.54, 1.807) is 23.3 Å². The Labute approximate surface area is 208 Å². The molecular weight excluding hydrogens is 462 g/mol. The number of halogens is 1. The van der Waals surface area contributed by atoms with Gasteiger partial charge in [0.1, 0.15) is 11.4 Å². The van der Waals surface area contributed by atoms with Crippen LogP contribution < -0.4 is 10.9 Å². The number of piperidine rings is 1. The van der Waals surface area contributed by atoms with Crippen molar-refractivity contribution in [1.82, 2.24) is 29.6 Å². The van der Waals surface area contributed by atoms with Crippen molar-refractivity contribution in [3.63, 3.8) is 0 Å². The SMILES string of the molecule is Cc1cc(C2CCN(C3CC3)CC2)cc2[nH]c(-c3c(NCCn4cc(Cl)cn4)cc[nH]c3=O)nc12. The second-order valence-electron chi connectivity index (χ2n) is 9.80. The molecule has 35 heavy (non-hydrogen) atoms. The van der Waals surface area contributed by atoms with Crippen LogP contribution in [0.2, 0.25) is 5.02 Å². The Morgan fingerprint density at radius 1 is 1.20 bits per heavy atom. The van der Waals surface area contributed by atoms with Gasteiger partial charge in [-0.25, -0.2) is 4.98 Å². The van der Waals surface area contributed by atoms with Crippen molar-refractivity contribution < 1.29 is 0 Å². The van der Waals surface area contributed by atoms with Gasteiger partial charge >= 0.3 is 0 Å². The molecule has 0 atom stereocenters. The van der Waals surface area contributed by atoms with Crippen molar-refractivity contribution in [2.45, 2.75) is 51.1 Å². The van der Waals surface area contributed by atoms with E-state index in [2.05, 4.69) is 44.3 Å². The molecular formula is C26H30ClN7O. The molecule has 1 saturated carbocycles. The third-order valence-corrected chi connectivity index (χ3v) is 7.51. The van der Waals surface area contributed by atoms with Crippen LogP contribution in [0.15, 0.2) is 41.6 Å². The topological polar surface area (TPSA) is 94.6 Å². The standard InChI is InChI=1S/C26H30ClN7O/c1-16-12-18(17-5-9-33(10-6-17)20-2-3-20)13-22-24(16)32-25(31-22)23-21(4-7-29-26(23)35)28-8-11-34-15-19(27)14-30-34/h4,7,12-15,17,20H,2-3,5-6,8-11H2,1H3,(H,31,32)(H2,28,29,35). The molecule has 0 radical (unpaired) electrons. The third kappa shape index (κ3) is 4.60.